The Kier molecular flexibility index (Phi) is 11.9. The van der Waals surface area contributed by atoms with Crippen molar-refractivity contribution in [2.45, 2.75) is 83.3 Å². The van der Waals surface area contributed by atoms with Crippen molar-refractivity contribution in [3.63, 3.8) is 0 Å². The van der Waals surface area contributed by atoms with Crippen molar-refractivity contribution >= 4 is 44.7 Å². The zero-order chi connectivity index (χ0) is 29.2. The van der Waals surface area contributed by atoms with E-state index in [0.29, 0.717) is 11.2 Å². The minimum atomic E-state index is -0.594. The molecule has 1 atom stereocenters. The van der Waals surface area contributed by atoms with Gasteiger partial charge >= 0.3 is 0 Å². The van der Waals surface area contributed by atoms with Gasteiger partial charge in [-0.1, -0.05) is 61.2 Å². The van der Waals surface area contributed by atoms with Crippen molar-refractivity contribution < 1.29 is 19.1 Å². The largest absolute Gasteiger partial charge is 0.400 e. The molecule has 7 nitrogen and oxygen atoms in total. The minimum Gasteiger partial charge on any atom is -0.400 e. The summed E-state index contributed by atoms with van der Waals surface area (Å²) in [5.74, 6) is -1.08. The van der Waals surface area contributed by atoms with Crippen LogP contribution in [0.4, 0.5) is 10.1 Å². The quantitative estimate of drug-likeness (QED) is 0.221. The lowest BCUT2D eigenvalue weighted by Crippen LogP contribution is -2.33. The molecule has 1 aromatic heterocycles. The Balaban J connectivity index is 0.00000216. The van der Waals surface area contributed by atoms with Crippen LogP contribution in [0.1, 0.15) is 93.2 Å². The number of benzene rings is 2. The maximum atomic E-state index is 15.3. The van der Waals surface area contributed by atoms with Gasteiger partial charge in [-0.3, -0.25) is 9.59 Å². The van der Waals surface area contributed by atoms with Gasteiger partial charge in [0.1, 0.15) is 17.7 Å². The summed E-state index contributed by atoms with van der Waals surface area (Å²) in [4.78, 5) is 38.4. The third-order valence-corrected chi connectivity index (χ3v) is 8.10. The number of aliphatic hydroxyl groups excluding tert-OH is 1. The number of amides is 1. The van der Waals surface area contributed by atoms with Gasteiger partial charge in [-0.2, -0.15) is 0 Å². The molecule has 40 heavy (non-hydrogen) atoms. The molecule has 2 aromatic carbocycles. The van der Waals surface area contributed by atoms with Crippen molar-refractivity contribution in [2.75, 3.05) is 12.4 Å². The van der Waals surface area contributed by atoms with Gasteiger partial charge in [0, 0.05) is 41.7 Å². The Bertz CT molecular complexity index is 1350. The summed E-state index contributed by atoms with van der Waals surface area (Å²) in [5.41, 5.74) is 1.16. The number of nitrogens with one attached hydrogen (secondary N) is 2. The number of nitrogens with zero attached hydrogens (tertiary/aromatic N) is 1. The van der Waals surface area contributed by atoms with Crippen molar-refractivity contribution in [3.8, 4) is 0 Å². The highest BCUT2D eigenvalue weighted by molar-refractivity contribution is 9.10. The molecule has 0 saturated heterocycles. The smallest absolute Gasteiger partial charge is 0.257 e. The number of hydrogen-bond acceptors (Lipinski definition) is 5. The first-order chi connectivity index (χ1) is 19.4. The molecule has 0 aliphatic heterocycles. The van der Waals surface area contributed by atoms with Crippen LogP contribution in [0.2, 0.25) is 0 Å². The first kappa shape index (κ1) is 31.5. The van der Waals surface area contributed by atoms with Crippen molar-refractivity contribution in [3.05, 3.63) is 74.2 Å². The highest BCUT2D eigenvalue weighted by atomic mass is 79.9. The summed E-state index contributed by atoms with van der Waals surface area (Å²) >= 11 is 3.39. The lowest BCUT2D eigenvalue weighted by Gasteiger charge is -2.26. The van der Waals surface area contributed by atoms with Gasteiger partial charge < -0.3 is 25.1 Å². The predicted molar refractivity (Wildman–Crippen MR) is 161 cm³/mol. The van der Waals surface area contributed by atoms with E-state index in [-0.39, 0.29) is 29.5 Å². The molecule has 1 aliphatic carbocycles. The number of anilines is 1. The molecule has 216 valence electrons. The maximum absolute atomic E-state index is 15.3. The molecular formula is C31H39BrFN3O4. The van der Waals surface area contributed by atoms with E-state index in [2.05, 4.69) is 40.4 Å². The van der Waals surface area contributed by atoms with Gasteiger partial charge in [-0.25, -0.2) is 4.39 Å². The van der Waals surface area contributed by atoms with Crippen LogP contribution in [-0.2, 0) is 4.79 Å². The number of aliphatic hydroxyl groups is 1. The summed E-state index contributed by atoms with van der Waals surface area (Å²) in [6.45, 7) is 4.10. The Labute approximate surface area is 243 Å². The summed E-state index contributed by atoms with van der Waals surface area (Å²) in [6, 6.07) is 9.91. The van der Waals surface area contributed by atoms with Crippen molar-refractivity contribution in [1.29, 1.82) is 0 Å². The molecule has 0 radical (unpaired) electrons. The predicted octanol–water partition coefficient (Wildman–Crippen LogP) is 6.68. The third kappa shape index (κ3) is 7.37. The van der Waals surface area contributed by atoms with Crippen LogP contribution in [0, 0.1) is 5.82 Å². The number of aromatic nitrogens is 1. The van der Waals surface area contributed by atoms with Crippen molar-refractivity contribution in [2.24, 2.45) is 0 Å². The fourth-order valence-corrected chi connectivity index (χ4v) is 5.66. The van der Waals surface area contributed by atoms with Crippen LogP contribution in [0.5, 0.6) is 0 Å². The van der Waals surface area contributed by atoms with Gasteiger partial charge in [0.15, 0.2) is 0 Å². The number of fused-ring (bicyclic) bond motifs is 1. The van der Waals surface area contributed by atoms with E-state index in [1.807, 2.05) is 28.8 Å². The van der Waals surface area contributed by atoms with E-state index in [0.717, 1.165) is 62.0 Å². The summed E-state index contributed by atoms with van der Waals surface area (Å²) in [6.07, 6.45) is 9.40. The zero-order valence-electron chi connectivity index (χ0n) is 23.4. The number of pyridine rings is 1. The van der Waals surface area contributed by atoms with Gasteiger partial charge in [0.25, 0.3) is 5.91 Å². The van der Waals surface area contributed by atoms with E-state index in [9.17, 15) is 14.4 Å². The molecule has 1 unspecified atom stereocenters. The molecule has 1 amide bonds. The summed E-state index contributed by atoms with van der Waals surface area (Å²) in [5, 5.41) is 13.4. The van der Waals surface area contributed by atoms with Crippen LogP contribution in [-0.4, -0.2) is 35.0 Å². The van der Waals surface area contributed by atoms with Crippen LogP contribution < -0.4 is 16.1 Å². The molecule has 3 aromatic rings. The highest BCUT2D eigenvalue weighted by Gasteiger charge is 2.23. The Morgan fingerprint density at radius 2 is 1.77 bits per heavy atom. The van der Waals surface area contributed by atoms with Gasteiger partial charge in [0.2, 0.25) is 5.43 Å². The topological polar surface area (TPSA) is 100 Å². The standard InChI is InChI=1S/C30H35BrFN3O3.CH4O/c1-3-22(4-2)35-18-24(30(38)34-26(14-15-36)19-10-12-20(31)13-11-19)29(37)23-16-25(32)27(17-28(23)35)33-21-8-6-5-7-9-21;1-2/h10-13,15-18,21-22,26,33H,3-9,14H2,1-2H3,(H,34,38);2H,1H3. The van der Waals surface area contributed by atoms with Crippen LogP contribution in [0.3, 0.4) is 0 Å². The summed E-state index contributed by atoms with van der Waals surface area (Å²) < 4.78 is 18.1. The average molecular weight is 617 g/mol. The third-order valence-electron chi connectivity index (χ3n) is 7.58. The Morgan fingerprint density at radius 3 is 2.38 bits per heavy atom. The van der Waals surface area contributed by atoms with E-state index < -0.39 is 23.2 Å². The molecular weight excluding hydrogens is 577 g/mol. The number of rotatable bonds is 10. The van der Waals surface area contributed by atoms with Crippen LogP contribution >= 0.6 is 15.9 Å². The fourth-order valence-electron chi connectivity index (χ4n) is 5.40. The molecule has 0 spiro atoms. The van der Waals surface area contributed by atoms with E-state index in [4.69, 9.17) is 5.11 Å². The normalized spacial score (nSPS) is 14.4. The maximum Gasteiger partial charge on any atom is 0.257 e. The molecule has 1 fully saturated rings. The van der Waals surface area contributed by atoms with Crippen molar-refractivity contribution in [1.82, 2.24) is 9.88 Å². The van der Waals surface area contributed by atoms with Gasteiger partial charge in [0.05, 0.1) is 17.2 Å². The van der Waals surface area contributed by atoms with Crippen LogP contribution in [0.25, 0.3) is 10.9 Å². The second-order valence-corrected chi connectivity index (χ2v) is 11.0. The van der Waals surface area contributed by atoms with Crippen LogP contribution in [0.15, 0.2) is 51.9 Å². The Morgan fingerprint density at radius 1 is 1.12 bits per heavy atom. The lowest BCUT2D eigenvalue weighted by molar-refractivity contribution is -0.108. The van der Waals surface area contributed by atoms with E-state index >= 15 is 4.39 Å². The Hall–Kier alpha value is -3.04. The van der Waals surface area contributed by atoms with E-state index in [1.54, 1.807) is 12.3 Å². The average Bonchev–Trinajstić information content (AvgIpc) is 2.97. The number of halogens is 2. The number of hydrogen-bond donors (Lipinski definition) is 3. The number of carbonyl (C=O) groups excluding carboxylic acids is 2. The number of carbonyl (C=O) groups is 2. The minimum absolute atomic E-state index is 0.0230. The van der Waals surface area contributed by atoms with E-state index in [1.165, 1.54) is 12.5 Å². The first-order valence-corrected chi connectivity index (χ1v) is 14.7. The lowest BCUT2D eigenvalue weighted by atomic mass is 9.95. The molecule has 9 heteroatoms. The molecule has 1 heterocycles. The molecule has 4 rings (SSSR count). The SMILES string of the molecule is CCC(CC)n1cc(C(=O)NC(CC=O)c2ccc(Br)cc2)c(=O)c2cc(F)c(NC3CCCCC3)cc21.CO. The zero-order valence-corrected chi connectivity index (χ0v) is 25.0. The van der Waals surface area contributed by atoms with Gasteiger partial charge in [-0.05, 0) is 55.5 Å². The molecule has 1 saturated carbocycles. The second-order valence-electron chi connectivity index (χ2n) is 10.1. The fraction of sp³-hybridized carbons (Fsp3) is 0.452. The monoisotopic (exact) mass is 615 g/mol. The molecule has 0 bridgehead atoms. The first-order valence-electron chi connectivity index (χ1n) is 14.0. The van der Waals surface area contributed by atoms with Gasteiger partial charge in [-0.15, -0.1) is 0 Å². The molecule has 1 aliphatic rings. The second kappa shape index (κ2) is 15.1. The summed E-state index contributed by atoms with van der Waals surface area (Å²) in [7, 11) is 1.00. The number of aldehydes is 1. The highest BCUT2D eigenvalue weighted by Crippen LogP contribution is 2.29. The molecule has 3 N–H and O–H groups in total.